The molecule has 35 heavy (non-hydrogen) atoms. The molecule has 0 spiro atoms. The van der Waals surface area contributed by atoms with E-state index in [1.54, 1.807) is 14.2 Å². The molecule has 4 nitrogen and oxygen atoms in total. The van der Waals surface area contributed by atoms with Gasteiger partial charge in [0.15, 0.2) is 11.5 Å². The van der Waals surface area contributed by atoms with Crippen LogP contribution in [0.1, 0.15) is 35.4 Å². The molecule has 3 aliphatic rings. The highest BCUT2D eigenvalue weighted by Gasteiger charge is 2.46. The molecule has 2 atom stereocenters. The maximum absolute atomic E-state index is 5.54. The number of hydrogen-bond acceptors (Lipinski definition) is 4. The lowest BCUT2D eigenvalue weighted by Gasteiger charge is -2.54. The highest BCUT2D eigenvalue weighted by molar-refractivity contribution is 9.10. The molecular weight excluding hydrogens is 568 g/mol. The topological polar surface area (TPSA) is 33.7 Å². The average Bonchev–Trinajstić information content (AvgIpc) is 2.90. The van der Waals surface area contributed by atoms with Crippen molar-refractivity contribution >= 4 is 31.9 Å². The van der Waals surface area contributed by atoms with E-state index in [1.807, 2.05) is 6.07 Å². The van der Waals surface area contributed by atoms with E-state index in [2.05, 4.69) is 103 Å². The van der Waals surface area contributed by atoms with Crippen molar-refractivity contribution in [1.29, 1.82) is 0 Å². The maximum atomic E-state index is 5.54. The second-order valence-corrected chi connectivity index (χ2v) is 11.4. The fourth-order valence-corrected chi connectivity index (χ4v) is 6.47. The minimum absolute atomic E-state index is 0.294. The standard InChI is InChI=1S/C29H32Br2N2O2/c1-34-25-12-3-19(17-26(25)35-2)18-32-28-22-13-15-33(16-14-22)29(28)27(20-4-8-23(30)9-5-20)21-6-10-24(31)11-7-21/h3-12,17,22,27-29,32H,13-16,18H2,1-2H3. The Morgan fingerprint density at radius 1 is 0.829 bits per heavy atom. The van der Waals surface area contributed by atoms with Gasteiger partial charge in [0.25, 0.3) is 0 Å². The predicted octanol–water partition coefficient (Wildman–Crippen LogP) is 6.61. The Bertz CT molecular complexity index is 1080. The molecule has 2 bridgehead atoms. The van der Waals surface area contributed by atoms with Crippen molar-refractivity contribution in [2.75, 3.05) is 27.3 Å². The van der Waals surface area contributed by atoms with Gasteiger partial charge >= 0.3 is 0 Å². The minimum Gasteiger partial charge on any atom is -0.493 e. The van der Waals surface area contributed by atoms with Crippen molar-refractivity contribution in [2.45, 2.75) is 37.4 Å². The zero-order valence-electron chi connectivity index (χ0n) is 20.2. The molecule has 1 N–H and O–H groups in total. The van der Waals surface area contributed by atoms with Gasteiger partial charge in [-0.25, -0.2) is 0 Å². The third-order valence-electron chi connectivity index (χ3n) is 7.66. The first kappa shape index (κ1) is 24.8. The van der Waals surface area contributed by atoms with Crippen LogP contribution in [0.25, 0.3) is 0 Å². The molecule has 3 fully saturated rings. The van der Waals surface area contributed by atoms with E-state index in [4.69, 9.17) is 9.47 Å². The highest BCUT2D eigenvalue weighted by atomic mass is 79.9. The van der Waals surface area contributed by atoms with Crippen LogP contribution in [0.3, 0.4) is 0 Å². The van der Waals surface area contributed by atoms with E-state index in [9.17, 15) is 0 Å². The zero-order chi connectivity index (χ0) is 24.4. The minimum atomic E-state index is 0.294. The number of hydrogen-bond donors (Lipinski definition) is 1. The molecule has 184 valence electrons. The van der Waals surface area contributed by atoms with Gasteiger partial charge in [-0.3, -0.25) is 4.90 Å². The second-order valence-electron chi connectivity index (χ2n) is 9.54. The van der Waals surface area contributed by atoms with Gasteiger partial charge in [0, 0.05) is 33.5 Å². The molecule has 6 rings (SSSR count). The van der Waals surface area contributed by atoms with Crippen LogP contribution in [0.4, 0.5) is 0 Å². The van der Waals surface area contributed by atoms with Gasteiger partial charge in [0.1, 0.15) is 0 Å². The Kier molecular flexibility index (Phi) is 7.83. The van der Waals surface area contributed by atoms with Crippen LogP contribution in [0.15, 0.2) is 75.7 Å². The van der Waals surface area contributed by atoms with Crippen LogP contribution >= 0.6 is 31.9 Å². The summed E-state index contributed by atoms with van der Waals surface area (Å²) in [5.41, 5.74) is 3.94. The number of halogens is 2. The van der Waals surface area contributed by atoms with E-state index in [-0.39, 0.29) is 0 Å². The smallest absolute Gasteiger partial charge is 0.161 e. The van der Waals surface area contributed by atoms with Crippen LogP contribution in [0.2, 0.25) is 0 Å². The largest absolute Gasteiger partial charge is 0.493 e. The van der Waals surface area contributed by atoms with Gasteiger partial charge in [0.05, 0.1) is 14.2 Å². The van der Waals surface area contributed by atoms with Crippen molar-refractivity contribution in [1.82, 2.24) is 10.2 Å². The normalized spacial score (nSPS) is 23.5. The van der Waals surface area contributed by atoms with E-state index in [1.165, 1.54) is 42.6 Å². The van der Waals surface area contributed by atoms with Crippen LogP contribution < -0.4 is 14.8 Å². The summed E-state index contributed by atoms with van der Waals surface area (Å²) in [5.74, 6) is 2.52. The molecule has 0 aliphatic carbocycles. The van der Waals surface area contributed by atoms with Crippen LogP contribution in [-0.4, -0.2) is 44.3 Å². The number of benzene rings is 3. The van der Waals surface area contributed by atoms with Crippen molar-refractivity contribution in [3.63, 3.8) is 0 Å². The summed E-state index contributed by atoms with van der Waals surface area (Å²) in [7, 11) is 3.37. The molecule has 2 unspecified atom stereocenters. The van der Waals surface area contributed by atoms with Gasteiger partial charge in [-0.2, -0.15) is 0 Å². The quantitative estimate of drug-likeness (QED) is 0.316. The molecule has 0 aromatic heterocycles. The first-order chi connectivity index (χ1) is 17.1. The molecule has 3 heterocycles. The molecule has 3 aliphatic heterocycles. The summed E-state index contributed by atoms with van der Waals surface area (Å²) in [6.45, 7) is 3.15. The Morgan fingerprint density at radius 2 is 1.40 bits per heavy atom. The van der Waals surface area contributed by atoms with Gasteiger partial charge in [0.2, 0.25) is 0 Å². The van der Waals surface area contributed by atoms with Crippen molar-refractivity contribution in [3.05, 3.63) is 92.4 Å². The Labute approximate surface area is 225 Å². The second kappa shape index (κ2) is 11.0. The summed E-state index contributed by atoms with van der Waals surface area (Å²) in [6, 6.07) is 24.8. The average molecular weight is 600 g/mol. The van der Waals surface area contributed by atoms with Crippen LogP contribution in [0, 0.1) is 5.92 Å². The highest BCUT2D eigenvalue weighted by Crippen LogP contribution is 2.42. The Hall–Kier alpha value is -1.86. The monoisotopic (exact) mass is 598 g/mol. The fourth-order valence-electron chi connectivity index (χ4n) is 5.94. The van der Waals surface area contributed by atoms with Gasteiger partial charge in [-0.05, 0) is 84.9 Å². The molecular formula is C29H32Br2N2O2. The van der Waals surface area contributed by atoms with Crippen LogP contribution in [-0.2, 0) is 6.54 Å². The van der Waals surface area contributed by atoms with Crippen LogP contribution in [0.5, 0.6) is 11.5 Å². The molecule has 6 heteroatoms. The van der Waals surface area contributed by atoms with Crippen molar-refractivity contribution in [3.8, 4) is 11.5 Å². The third-order valence-corrected chi connectivity index (χ3v) is 8.72. The molecule has 0 radical (unpaired) electrons. The van der Waals surface area contributed by atoms with Crippen molar-refractivity contribution < 1.29 is 9.47 Å². The third kappa shape index (κ3) is 5.31. The summed E-state index contributed by atoms with van der Waals surface area (Å²) in [5, 5.41) is 3.99. The van der Waals surface area contributed by atoms with Gasteiger partial charge in [-0.15, -0.1) is 0 Å². The SMILES string of the molecule is COc1ccc(CNC2C3CCN(CC3)C2C(c2ccc(Br)cc2)c2ccc(Br)cc2)cc1OC. The van der Waals surface area contributed by atoms with Gasteiger partial charge in [-0.1, -0.05) is 62.2 Å². The summed E-state index contributed by atoms with van der Waals surface area (Å²) in [6.07, 6.45) is 2.51. The first-order valence-electron chi connectivity index (χ1n) is 12.3. The van der Waals surface area contributed by atoms with E-state index >= 15 is 0 Å². The van der Waals surface area contributed by atoms with E-state index in [0.29, 0.717) is 23.9 Å². The zero-order valence-corrected chi connectivity index (χ0v) is 23.4. The number of methoxy groups -OCH3 is 2. The number of rotatable bonds is 8. The molecule has 3 saturated heterocycles. The van der Waals surface area contributed by atoms with Gasteiger partial charge < -0.3 is 14.8 Å². The number of nitrogens with one attached hydrogen (secondary N) is 1. The first-order valence-corrected chi connectivity index (χ1v) is 13.8. The molecule has 0 amide bonds. The lowest BCUT2D eigenvalue weighted by molar-refractivity contribution is 0.00467. The molecule has 0 saturated carbocycles. The lowest BCUT2D eigenvalue weighted by Crippen LogP contribution is -2.64. The molecule has 3 aromatic rings. The fraction of sp³-hybridized carbons (Fsp3) is 0.379. The Morgan fingerprint density at radius 3 is 1.94 bits per heavy atom. The maximum Gasteiger partial charge on any atom is 0.161 e. The van der Waals surface area contributed by atoms with E-state index < -0.39 is 0 Å². The molecule has 3 aromatic carbocycles. The number of fused-ring (bicyclic) bond motifs is 3. The summed E-state index contributed by atoms with van der Waals surface area (Å²) >= 11 is 7.25. The predicted molar refractivity (Wildman–Crippen MR) is 148 cm³/mol. The number of piperidine rings is 3. The summed E-state index contributed by atoms with van der Waals surface area (Å²) < 4.78 is 13.2. The number of nitrogens with zero attached hydrogens (tertiary/aromatic N) is 1. The Balaban J connectivity index is 1.47. The van der Waals surface area contributed by atoms with E-state index in [0.717, 1.165) is 27.0 Å². The van der Waals surface area contributed by atoms with Crippen molar-refractivity contribution in [2.24, 2.45) is 5.92 Å². The number of ether oxygens (including phenoxy) is 2. The lowest BCUT2D eigenvalue weighted by atomic mass is 9.70. The summed E-state index contributed by atoms with van der Waals surface area (Å²) in [4.78, 5) is 2.72.